The van der Waals surface area contributed by atoms with Gasteiger partial charge < -0.3 is 20.3 Å². The summed E-state index contributed by atoms with van der Waals surface area (Å²) < 4.78 is 96.1. The first-order valence-corrected chi connectivity index (χ1v) is 17.2. The third-order valence-electron chi connectivity index (χ3n) is 10.6. The van der Waals surface area contributed by atoms with Crippen molar-refractivity contribution in [1.82, 2.24) is 39.5 Å². The Morgan fingerprint density at radius 3 is 2.65 bits per heavy atom. The molecule has 19 heteroatoms. The van der Waals surface area contributed by atoms with Gasteiger partial charge in [0.2, 0.25) is 5.28 Å². The molecule has 3 aliphatic heterocycles. The van der Waals surface area contributed by atoms with E-state index >= 15 is 4.39 Å². The average Bonchev–Trinajstić information content (AvgIpc) is 3.86. The van der Waals surface area contributed by atoms with Crippen LogP contribution >= 0.6 is 11.6 Å². The van der Waals surface area contributed by atoms with Crippen molar-refractivity contribution in [2.24, 2.45) is 0 Å². The van der Waals surface area contributed by atoms with Crippen molar-refractivity contribution in [3.05, 3.63) is 46.6 Å². The van der Waals surface area contributed by atoms with Gasteiger partial charge in [0.15, 0.2) is 5.82 Å². The van der Waals surface area contributed by atoms with E-state index in [0.29, 0.717) is 38.5 Å². The number of hydrogen-bond acceptors (Lipinski definition) is 10. The maximum atomic E-state index is 16.8. The van der Waals surface area contributed by atoms with Crippen LogP contribution in [-0.2, 0) is 6.18 Å². The number of likely N-dealkylation sites (tertiary alicyclic amines) is 1. The highest BCUT2D eigenvalue weighted by molar-refractivity contribution is 6.28. The molecule has 3 fully saturated rings. The van der Waals surface area contributed by atoms with Crippen LogP contribution in [0.1, 0.15) is 50.7 Å². The number of nitrogens with zero attached hydrogens (tertiary/aromatic N) is 9. The molecule has 1 aromatic carbocycles. The number of fused-ring (bicyclic) bond motifs is 2. The number of carbonyl (C=O) groups is 1. The van der Waals surface area contributed by atoms with E-state index in [1.165, 1.54) is 6.33 Å². The summed E-state index contributed by atoms with van der Waals surface area (Å²) in [6.45, 7) is 6.14. The fraction of sp³-hybridized carbons (Fsp3) is 0.515. The van der Waals surface area contributed by atoms with E-state index in [2.05, 4.69) is 25.0 Å². The third kappa shape index (κ3) is 6.02. The van der Waals surface area contributed by atoms with Crippen LogP contribution in [0, 0.1) is 18.6 Å². The number of nitrogens with two attached hydrogens (primary N) is 1. The summed E-state index contributed by atoms with van der Waals surface area (Å²) in [6.07, 6.45) is -1.56. The van der Waals surface area contributed by atoms with Crippen LogP contribution in [0.5, 0.6) is 6.01 Å². The van der Waals surface area contributed by atoms with Crippen LogP contribution < -0.4 is 15.4 Å². The third-order valence-corrected chi connectivity index (χ3v) is 10.7. The smallest absolute Gasteiger partial charge is 0.417 e. The largest absolute Gasteiger partial charge is 0.461 e. The molecule has 3 aliphatic rings. The van der Waals surface area contributed by atoms with E-state index in [1.807, 2.05) is 23.6 Å². The normalized spacial score (nSPS) is 23.5. The lowest BCUT2D eigenvalue weighted by Crippen LogP contribution is -2.47. The molecular weight excluding hydrogens is 718 g/mol. The highest BCUT2D eigenvalue weighted by Crippen LogP contribution is 2.44. The van der Waals surface area contributed by atoms with E-state index in [4.69, 9.17) is 22.1 Å². The Bertz CT molecular complexity index is 2050. The molecule has 4 aromatic rings. The standard InChI is InChI=1S/C33H35ClF6N10O2/c1-4-48(22-6-9-49(17(22)3)31(51)50-15-43-29(34)46-50)28-20-12-42-26(19-10-21(41)24(36)16(2)23(19)33(38,39)40)25(37)27(20)44-30(45-28)52-14-32-7-5-8-47(32)13-18(35)11-32/h10,12,15,17-18,22H,4-9,11,13-14,41H2,1-3H3/t17-,18-,22-,32+/m1/s1. The number of pyridine rings is 1. The van der Waals surface area contributed by atoms with Gasteiger partial charge in [-0.15, -0.1) is 5.10 Å². The highest BCUT2D eigenvalue weighted by Gasteiger charge is 2.49. The summed E-state index contributed by atoms with van der Waals surface area (Å²) in [5.41, 5.74) is 0.363. The second-order valence-corrected chi connectivity index (χ2v) is 13.9. The fourth-order valence-corrected chi connectivity index (χ4v) is 8.25. The number of anilines is 2. The van der Waals surface area contributed by atoms with Gasteiger partial charge >= 0.3 is 18.2 Å². The Morgan fingerprint density at radius 2 is 1.96 bits per heavy atom. The van der Waals surface area contributed by atoms with Crippen LogP contribution in [0.2, 0.25) is 5.28 Å². The molecule has 0 aliphatic carbocycles. The molecule has 6 heterocycles. The number of amides is 1. The monoisotopic (exact) mass is 752 g/mol. The van der Waals surface area contributed by atoms with Gasteiger partial charge in [0.1, 0.15) is 42.0 Å². The summed E-state index contributed by atoms with van der Waals surface area (Å²) in [7, 11) is 0. The molecule has 12 nitrogen and oxygen atoms in total. The Balaban J connectivity index is 1.34. The Labute approximate surface area is 298 Å². The molecule has 4 atom stereocenters. The number of hydrogen-bond donors (Lipinski definition) is 1. The van der Waals surface area contributed by atoms with Gasteiger partial charge in [-0.05, 0) is 69.8 Å². The zero-order chi connectivity index (χ0) is 37.3. The number of halogens is 7. The van der Waals surface area contributed by atoms with Crippen LogP contribution in [0.25, 0.3) is 22.2 Å². The van der Waals surface area contributed by atoms with Crippen molar-refractivity contribution < 1.29 is 35.9 Å². The second kappa shape index (κ2) is 13.2. The molecule has 7 rings (SSSR count). The van der Waals surface area contributed by atoms with Crippen molar-refractivity contribution in [3.63, 3.8) is 0 Å². The van der Waals surface area contributed by atoms with Gasteiger partial charge in [-0.1, -0.05) is 0 Å². The van der Waals surface area contributed by atoms with Crippen LogP contribution in [0.15, 0.2) is 18.6 Å². The first-order chi connectivity index (χ1) is 24.6. The van der Waals surface area contributed by atoms with Gasteiger partial charge in [-0.3, -0.25) is 9.88 Å². The molecule has 0 spiro atoms. The topological polar surface area (TPSA) is 131 Å². The highest BCUT2D eigenvalue weighted by atomic mass is 35.5. The Kier molecular flexibility index (Phi) is 9.12. The number of carbonyl (C=O) groups excluding carboxylic acids is 1. The predicted octanol–water partition coefficient (Wildman–Crippen LogP) is 6.04. The number of rotatable bonds is 7. The average molecular weight is 753 g/mol. The molecule has 0 bridgehead atoms. The number of aromatic nitrogens is 6. The van der Waals surface area contributed by atoms with E-state index in [9.17, 15) is 26.7 Å². The van der Waals surface area contributed by atoms with Crippen molar-refractivity contribution in [2.75, 3.05) is 43.4 Å². The lowest BCUT2D eigenvalue weighted by molar-refractivity contribution is -0.137. The van der Waals surface area contributed by atoms with Crippen LogP contribution in [-0.4, -0.2) is 102 Å². The maximum Gasteiger partial charge on any atom is 0.417 e. The quantitative estimate of drug-likeness (QED) is 0.176. The molecule has 0 saturated carbocycles. The van der Waals surface area contributed by atoms with Gasteiger partial charge in [0.25, 0.3) is 0 Å². The van der Waals surface area contributed by atoms with Crippen LogP contribution in [0.4, 0.5) is 42.6 Å². The SMILES string of the molecule is CCN(c1nc(OC[C@@]23CCCN2C[C@H](F)C3)nc2c(F)c(-c3cc(N)c(F)c(C)c3C(F)(F)F)ncc12)[C@@H]1CCN(C(=O)n2cnc(Cl)n2)[C@@H]1C. The van der Waals surface area contributed by atoms with Gasteiger partial charge in [-0.2, -0.15) is 27.8 Å². The van der Waals surface area contributed by atoms with E-state index in [0.717, 1.165) is 24.2 Å². The number of benzene rings is 1. The first kappa shape index (κ1) is 35.9. The minimum atomic E-state index is -5.08. The summed E-state index contributed by atoms with van der Waals surface area (Å²) in [6, 6.07) is -0.856. The maximum absolute atomic E-state index is 16.8. The first-order valence-electron chi connectivity index (χ1n) is 16.8. The van der Waals surface area contributed by atoms with Crippen molar-refractivity contribution in [3.8, 4) is 17.3 Å². The minimum Gasteiger partial charge on any atom is -0.461 e. The van der Waals surface area contributed by atoms with Crippen molar-refractivity contribution in [2.45, 2.75) is 76.4 Å². The molecule has 52 heavy (non-hydrogen) atoms. The molecule has 0 unspecified atom stereocenters. The second-order valence-electron chi connectivity index (χ2n) is 13.5. The summed E-state index contributed by atoms with van der Waals surface area (Å²) in [4.78, 5) is 35.7. The molecular formula is C33H35ClF6N10O2. The van der Waals surface area contributed by atoms with Crippen molar-refractivity contribution >= 4 is 40.0 Å². The summed E-state index contributed by atoms with van der Waals surface area (Å²) in [5.74, 6) is -2.34. The number of alkyl halides is 4. The molecule has 0 radical (unpaired) electrons. The summed E-state index contributed by atoms with van der Waals surface area (Å²) in [5, 5.41) is 3.86. The lowest BCUT2D eigenvalue weighted by atomic mass is 9.95. The van der Waals surface area contributed by atoms with E-state index in [1.54, 1.807) is 4.90 Å². The van der Waals surface area contributed by atoms with E-state index < -0.39 is 75.2 Å². The van der Waals surface area contributed by atoms with Gasteiger partial charge in [-0.25, -0.2) is 22.9 Å². The molecule has 278 valence electrons. The minimum absolute atomic E-state index is 0.00145. The number of likely N-dealkylation sites (N-methyl/N-ethyl adjacent to an activating group) is 1. The van der Waals surface area contributed by atoms with Crippen molar-refractivity contribution in [1.29, 1.82) is 0 Å². The number of ether oxygens (including phenoxy) is 1. The Morgan fingerprint density at radius 1 is 1.19 bits per heavy atom. The van der Waals surface area contributed by atoms with Crippen LogP contribution in [0.3, 0.4) is 0 Å². The van der Waals surface area contributed by atoms with E-state index in [-0.39, 0.29) is 48.1 Å². The molecule has 3 aromatic heterocycles. The zero-order valence-corrected chi connectivity index (χ0v) is 29.1. The fourth-order valence-electron chi connectivity index (χ4n) is 8.13. The molecule has 2 N–H and O–H groups in total. The summed E-state index contributed by atoms with van der Waals surface area (Å²) >= 11 is 5.83. The predicted molar refractivity (Wildman–Crippen MR) is 179 cm³/mol. The number of nitrogen functional groups attached to an aromatic ring is 1. The Hall–Kier alpha value is -4.45. The lowest BCUT2D eigenvalue weighted by Gasteiger charge is -2.34. The molecule has 3 saturated heterocycles. The zero-order valence-electron chi connectivity index (χ0n) is 28.4. The molecule has 1 amide bonds. The van der Waals surface area contributed by atoms with Gasteiger partial charge in [0, 0.05) is 37.8 Å². The van der Waals surface area contributed by atoms with Gasteiger partial charge in [0.05, 0.1) is 34.3 Å².